The Morgan fingerprint density at radius 1 is 1.58 bits per heavy atom. The van der Waals surface area contributed by atoms with Gasteiger partial charge in [-0.3, -0.25) is 4.79 Å². The summed E-state index contributed by atoms with van der Waals surface area (Å²) in [6.07, 6.45) is -1.38. The van der Waals surface area contributed by atoms with Gasteiger partial charge in [-0.15, -0.1) is 0 Å². The van der Waals surface area contributed by atoms with Crippen LogP contribution in [0.15, 0.2) is 15.5 Å². The molecule has 0 aliphatic heterocycles. The van der Waals surface area contributed by atoms with Crippen LogP contribution in [0.1, 0.15) is 12.0 Å². The predicted molar refractivity (Wildman–Crippen MR) is 52.4 cm³/mol. The maximum absolute atomic E-state index is 12.2. The quantitative estimate of drug-likeness (QED) is 0.777. The smallest absolute Gasteiger partial charge is 0.270 e. The summed E-state index contributed by atoms with van der Waals surface area (Å²) in [5, 5.41) is 0. The molecule has 0 atom stereocenters. The molecule has 6 heteroatoms. The Kier molecular flexibility index (Phi) is 3.22. The molecule has 1 aromatic heterocycles. The molecule has 0 amide bonds. The number of halogens is 4. The van der Waals surface area contributed by atoms with Crippen LogP contribution in [0.2, 0.25) is 0 Å². The fourth-order valence-electron chi connectivity index (χ4n) is 0.693. The van der Waals surface area contributed by atoms with E-state index < -0.39 is 17.5 Å². The normalized spacial score (nSPS) is 10.8. The first-order valence-electron chi connectivity index (χ1n) is 2.88. The fourth-order valence-corrected chi connectivity index (χ4v) is 1.61. The number of hydrogen-bond acceptors (Lipinski definition) is 1. The zero-order chi connectivity index (χ0) is 9.30. The van der Waals surface area contributed by atoms with Crippen molar-refractivity contribution in [2.75, 3.05) is 0 Å². The van der Waals surface area contributed by atoms with Crippen molar-refractivity contribution in [2.24, 2.45) is 0 Å². The highest BCUT2D eigenvalue weighted by Crippen LogP contribution is 2.27. The summed E-state index contributed by atoms with van der Waals surface area (Å²) in [6.45, 7) is 0. The minimum Gasteiger partial charge on any atom is -0.328 e. The van der Waals surface area contributed by atoms with Crippen LogP contribution in [0.4, 0.5) is 8.78 Å². The summed E-state index contributed by atoms with van der Waals surface area (Å²) < 4.78 is 25.2. The Labute approximate surface area is 88.6 Å². The van der Waals surface area contributed by atoms with Gasteiger partial charge in [-0.05, 0) is 38.5 Å². The lowest BCUT2D eigenvalue weighted by Crippen LogP contribution is -2.13. The van der Waals surface area contributed by atoms with Gasteiger partial charge >= 0.3 is 0 Å². The Bertz CT molecular complexity index is 352. The number of aromatic nitrogens is 1. The van der Waals surface area contributed by atoms with Crippen molar-refractivity contribution in [2.45, 2.75) is 6.43 Å². The van der Waals surface area contributed by atoms with Gasteiger partial charge in [0, 0.05) is 14.2 Å². The van der Waals surface area contributed by atoms with Crippen molar-refractivity contribution < 1.29 is 8.78 Å². The largest absolute Gasteiger partial charge is 0.328 e. The summed E-state index contributed by atoms with van der Waals surface area (Å²) in [4.78, 5) is 13.1. The average molecular weight is 350 g/mol. The fraction of sp³-hybridized carbons (Fsp3) is 0.167. The highest BCUT2D eigenvalue weighted by molar-refractivity contribution is 14.1. The van der Waals surface area contributed by atoms with Gasteiger partial charge in [0.2, 0.25) is 0 Å². The van der Waals surface area contributed by atoms with E-state index in [1.54, 1.807) is 0 Å². The van der Waals surface area contributed by atoms with E-state index >= 15 is 0 Å². The summed E-state index contributed by atoms with van der Waals surface area (Å²) in [7, 11) is 0. The number of nitrogens with one attached hydrogen (secondary N) is 1. The minimum atomic E-state index is -2.75. The molecule has 0 saturated carbocycles. The van der Waals surface area contributed by atoms with Crippen LogP contribution in [-0.4, -0.2) is 4.98 Å². The molecule has 0 saturated heterocycles. The maximum Gasteiger partial charge on any atom is 0.270 e. The summed E-state index contributed by atoms with van der Waals surface area (Å²) in [5.74, 6) is 0. The number of hydrogen-bond donors (Lipinski definition) is 1. The molecule has 0 bridgehead atoms. The van der Waals surface area contributed by atoms with Gasteiger partial charge in [0.25, 0.3) is 12.0 Å². The first-order valence-corrected chi connectivity index (χ1v) is 4.76. The number of rotatable bonds is 1. The van der Waals surface area contributed by atoms with Crippen LogP contribution in [0.3, 0.4) is 0 Å². The minimum absolute atomic E-state index is 0.168. The van der Waals surface area contributed by atoms with E-state index in [0.717, 1.165) is 0 Å². The Morgan fingerprint density at radius 3 is 2.58 bits per heavy atom. The standard InChI is InChI=1S/C6H3BrF2INO/c7-4-2(10)1-11-6(12)3(4)5(8)9/h1,5H,(H,11,12). The maximum atomic E-state index is 12.2. The third-order valence-electron chi connectivity index (χ3n) is 1.24. The lowest BCUT2D eigenvalue weighted by atomic mass is 10.3. The van der Waals surface area contributed by atoms with Crippen LogP contribution < -0.4 is 5.56 Å². The molecule has 66 valence electrons. The Morgan fingerprint density at radius 2 is 2.17 bits per heavy atom. The van der Waals surface area contributed by atoms with Gasteiger partial charge in [-0.1, -0.05) is 0 Å². The zero-order valence-corrected chi connectivity index (χ0v) is 9.32. The topological polar surface area (TPSA) is 32.9 Å². The second-order valence-electron chi connectivity index (χ2n) is 1.99. The van der Waals surface area contributed by atoms with Crippen LogP contribution >= 0.6 is 38.5 Å². The molecule has 0 aliphatic rings. The molecule has 0 spiro atoms. The second kappa shape index (κ2) is 3.82. The van der Waals surface area contributed by atoms with Crippen LogP contribution in [0.25, 0.3) is 0 Å². The van der Waals surface area contributed by atoms with E-state index in [1.165, 1.54) is 6.20 Å². The highest BCUT2D eigenvalue weighted by atomic mass is 127. The van der Waals surface area contributed by atoms with Crippen molar-refractivity contribution in [3.63, 3.8) is 0 Å². The van der Waals surface area contributed by atoms with Gasteiger partial charge in [0.05, 0.1) is 5.56 Å². The summed E-state index contributed by atoms with van der Waals surface area (Å²) in [6, 6.07) is 0. The van der Waals surface area contributed by atoms with E-state index in [9.17, 15) is 13.6 Å². The van der Waals surface area contributed by atoms with Crippen molar-refractivity contribution in [3.05, 3.63) is 30.2 Å². The highest BCUT2D eigenvalue weighted by Gasteiger charge is 2.17. The molecular formula is C6H3BrF2INO. The number of pyridine rings is 1. The van der Waals surface area contributed by atoms with Crippen LogP contribution in [0, 0.1) is 3.57 Å². The van der Waals surface area contributed by atoms with Crippen molar-refractivity contribution in [3.8, 4) is 0 Å². The van der Waals surface area contributed by atoms with E-state index in [2.05, 4.69) is 20.9 Å². The summed E-state index contributed by atoms with van der Waals surface area (Å²) >= 11 is 4.77. The van der Waals surface area contributed by atoms with Crippen LogP contribution in [-0.2, 0) is 0 Å². The van der Waals surface area contributed by atoms with Gasteiger partial charge in [0.1, 0.15) is 0 Å². The third kappa shape index (κ3) is 1.85. The lowest BCUT2D eigenvalue weighted by molar-refractivity contribution is 0.148. The number of aromatic amines is 1. The monoisotopic (exact) mass is 349 g/mol. The molecule has 2 nitrogen and oxygen atoms in total. The Balaban J connectivity index is 3.43. The first-order chi connectivity index (χ1) is 5.54. The van der Waals surface area contributed by atoms with Crippen molar-refractivity contribution >= 4 is 38.5 Å². The van der Waals surface area contributed by atoms with E-state index in [0.29, 0.717) is 3.57 Å². The zero-order valence-electron chi connectivity index (χ0n) is 5.57. The molecule has 0 unspecified atom stereocenters. The molecule has 0 aromatic carbocycles. The Hall–Kier alpha value is 0.0200. The van der Waals surface area contributed by atoms with Gasteiger partial charge in [0.15, 0.2) is 0 Å². The average Bonchev–Trinajstić information content (AvgIpc) is 1.97. The molecule has 1 heterocycles. The van der Waals surface area contributed by atoms with Crippen molar-refractivity contribution in [1.82, 2.24) is 4.98 Å². The van der Waals surface area contributed by atoms with Gasteiger partial charge in [-0.25, -0.2) is 8.78 Å². The molecule has 1 aromatic rings. The predicted octanol–water partition coefficient (Wildman–Crippen LogP) is 2.68. The van der Waals surface area contributed by atoms with Gasteiger partial charge in [-0.2, -0.15) is 0 Å². The first kappa shape index (κ1) is 10.1. The van der Waals surface area contributed by atoms with Crippen LogP contribution in [0.5, 0.6) is 0 Å². The van der Waals surface area contributed by atoms with E-state index in [4.69, 9.17) is 0 Å². The lowest BCUT2D eigenvalue weighted by Gasteiger charge is -2.02. The van der Waals surface area contributed by atoms with E-state index in [1.807, 2.05) is 22.6 Å². The molecular weight excluding hydrogens is 347 g/mol. The SMILES string of the molecule is O=c1[nH]cc(I)c(Br)c1C(F)F. The molecule has 0 aliphatic carbocycles. The second-order valence-corrected chi connectivity index (χ2v) is 3.95. The van der Waals surface area contributed by atoms with Crippen molar-refractivity contribution in [1.29, 1.82) is 0 Å². The summed E-state index contributed by atoms with van der Waals surface area (Å²) in [5.41, 5.74) is -1.26. The molecule has 0 radical (unpaired) electrons. The molecule has 12 heavy (non-hydrogen) atoms. The van der Waals surface area contributed by atoms with Gasteiger partial charge < -0.3 is 4.98 Å². The number of alkyl halides is 2. The molecule has 1 rings (SSSR count). The van der Waals surface area contributed by atoms with E-state index in [-0.39, 0.29) is 4.47 Å². The number of H-pyrrole nitrogens is 1. The molecule has 0 fully saturated rings. The molecule has 1 N–H and O–H groups in total. The third-order valence-corrected chi connectivity index (χ3v) is 3.69.